The molecule has 1 rings (SSSR count). The second-order valence-electron chi connectivity index (χ2n) is 6.04. The van der Waals surface area contributed by atoms with Crippen LogP contribution in [-0.4, -0.2) is 35.0 Å². The molecule has 0 saturated carbocycles. The Kier molecular flexibility index (Phi) is 4.56. The Morgan fingerprint density at radius 3 is 2.16 bits per heavy atom. The van der Waals surface area contributed by atoms with E-state index in [9.17, 15) is 9.59 Å². The maximum absolute atomic E-state index is 12.2. The molecule has 1 amide bonds. The molecule has 0 fully saturated rings. The average molecular weight is 265 g/mol. The number of amides is 1. The predicted molar refractivity (Wildman–Crippen MR) is 74.7 cm³/mol. The minimum absolute atomic E-state index is 0.121. The largest absolute Gasteiger partial charge is 0.478 e. The lowest BCUT2D eigenvalue weighted by Gasteiger charge is -2.32. The van der Waals surface area contributed by atoms with Gasteiger partial charge in [0, 0.05) is 24.2 Å². The van der Waals surface area contributed by atoms with Crippen LogP contribution in [-0.2, 0) is 9.59 Å². The first-order valence-corrected chi connectivity index (χ1v) is 6.54. The van der Waals surface area contributed by atoms with Gasteiger partial charge < -0.3 is 10.0 Å². The van der Waals surface area contributed by atoms with Crippen molar-refractivity contribution < 1.29 is 14.7 Å². The Labute approximate surface area is 114 Å². The number of aliphatic carboxylic acids is 1. The van der Waals surface area contributed by atoms with E-state index >= 15 is 0 Å². The van der Waals surface area contributed by atoms with Gasteiger partial charge >= 0.3 is 5.97 Å². The summed E-state index contributed by atoms with van der Waals surface area (Å²) in [5.41, 5.74) is 1.93. The van der Waals surface area contributed by atoms with Gasteiger partial charge in [0.2, 0.25) is 5.91 Å². The summed E-state index contributed by atoms with van der Waals surface area (Å²) in [5, 5.41) is 8.91. The van der Waals surface area contributed by atoms with Gasteiger partial charge in [-0.3, -0.25) is 4.79 Å². The molecule has 1 aliphatic rings. The Balaban J connectivity index is 2.82. The molecule has 0 atom stereocenters. The second kappa shape index (κ2) is 5.59. The fourth-order valence-corrected chi connectivity index (χ4v) is 2.09. The zero-order chi connectivity index (χ0) is 14.8. The van der Waals surface area contributed by atoms with Gasteiger partial charge in [0.25, 0.3) is 0 Å². The lowest BCUT2D eigenvalue weighted by atomic mass is 9.83. The van der Waals surface area contributed by atoms with Crippen LogP contribution < -0.4 is 0 Å². The van der Waals surface area contributed by atoms with Crippen LogP contribution in [0.2, 0.25) is 0 Å². The van der Waals surface area contributed by atoms with E-state index in [2.05, 4.69) is 26.8 Å². The van der Waals surface area contributed by atoms with Crippen molar-refractivity contribution in [3.05, 3.63) is 22.8 Å². The number of nitrogens with zero attached hydrogens (tertiary/aromatic N) is 1. The highest BCUT2D eigenvalue weighted by atomic mass is 16.4. The van der Waals surface area contributed by atoms with Gasteiger partial charge in [-0.2, -0.15) is 0 Å². The lowest BCUT2D eigenvalue weighted by Crippen LogP contribution is -2.37. The summed E-state index contributed by atoms with van der Waals surface area (Å²) >= 11 is 0. The van der Waals surface area contributed by atoms with Crippen LogP contribution >= 0.6 is 0 Å². The number of hydrogen-bond acceptors (Lipinski definition) is 2. The molecule has 0 saturated heterocycles. The zero-order valence-electron chi connectivity index (χ0n) is 12.4. The van der Waals surface area contributed by atoms with Crippen LogP contribution in [0.25, 0.3) is 0 Å². The van der Waals surface area contributed by atoms with Crippen LogP contribution in [0.4, 0.5) is 0 Å². The van der Waals surface area contributed by atoms with E-state index in [1.165, 1.54) is 12.5 Å². The fraction of sp³-hybridized carbons (Fsp3) is 0.600. The monoisotopic (exact) mass is 265 g/mol. The Morgan fingerprint density at radius 1 is 1.21 bits per heavy atom. The first-order valence-electron chi connectivity index (χ1n) is 6.54. The number of carboxylic acid groups (broad SMARTS) is 1. The van der Waals surface area contributed by atoms with Crippen LogP contribution in [0.15, 0.2) is 22.8 Å². The first kappa shape index (κ1) is 15.5. The first-order chi connectivity index (χ1) is 8.64. The molecule has 4 nitrogen and oxygen atoms in total. The molecular weight excluding hydrogens is 242 g/mol. The highest BCUT2D eigenvalue weighted by molar-refractivity contribution is 6.01. The Hall–Kier alpha value is -1.58. The molecule has 1 aliphatic heterocycles. The molecule has 1 heterocycles. The van der Waals surface area contributed by atoms with Gasteiger partial charge in [-0.15, -0.1) is 0 Å². The van der Waals surface area contributed by atoms with E-state index in [1.54, 1.807) is 11.8 Å². The van der Waals surface area contributed by atoms with Crippen molar-refractivity contribution >= 4 is 11.9 Å². The van der Waals surface area contributed by atoms with Crippen molar-refractivity contribution in [3.8, 4) is 0 Å². The molecule has 0 aromatic rings. The third-order valence-electron chi connectivity index (χ3n) is 3.66. The number of hydrogen-bond donors (Lipinski definition) is 1. The van der Waals surface area contributed by atoms with Crippen LogP contribution in [0.1, 0.15) is 41.0 Å². The maximum Gasteiger partial charge on any atom is 0.331 e. The van der Waals surface area contributed by atoms with E-state index in [4.69, 9.17) is 5.11 Å². The van der Waals surface area contributed by atoms with Gasteiger partial charge in [0.15, 0.2) is 0 Å². The highest BCUT2D eigenvalue weighted by Crippen LogP contribution is 2.30. The van der Waals surface area contributed by atoms with Gasteiger partial charge in [0.05, 0.1) is 0 Å². The van der Waals surface area contributed by atoms with Gasteiger partial charge in [-0.05, 0) is 25.7 Å². The molecule has 0 radical (unpaired) electrons. The molecule has 4 heteroatoms. The summed E-state index contributed by atoms with van der Waals surface area (Å²) in [6.07, 6.45) is 2.94. The third-order valence-corrected chi connectivity index (χ3v) is 3.66. The maximum atomic E-state index is 12.2. The molecule has 106 valence electrons. The third kappa shape index (κ3) is 3.69. The molecule has 0 spiro atoms. The zero-order valence-corrected chi connectivity index (χ0v) is 12.4. The highest BCUT2D eigenvalue weighted by Gasteiger charge is 2.25. The minimum atomic E-state index is -1.03. The van der Waals surface area contributed by atoms with E-state index in [1.807, 2.05) is 0 Å². The summed E-state index contributed by atoms with van der Waals surface area (Å²) in [6.45, 7) is 10.8. The normalized spacial score (nSPS) is 17.7. The van der Waals surface area contributed by atoms with Crippen molar-refractivity contribution in [2.75, 3.05) is 13.1 Å². The number of carbonyl (C=O) groups excluding carboxylic acids is 1. The molecule has 0 bridgehead atoms. The SMILES string of the molecule is CC(C(=O)O)=C(C)C(=O)N1CC=C(C(C)(C)C)CC1. The number of carboxylic acids is 1. The Bertz CT molecular complexity index is 453. The van der Waals surface area contributed by atoms with E-state index in [0.717, 1.165) is 6.42 Å². The van der Waals surface area contributed by atoms with E-state index < -0.39 is 5.97 Å². The molecule has 0 aromatic heterocycles. The standard InChI is InChI=1S/C15H23NO3/c1-10(11(2)14(18)19)13(17)16-8-6-12(7-9-16)15(3,4)5/h6H,7-9H2,1-5H3,(H,18,19). The molecule has 0 aliphatic carbocycles. The van der Waals surface area contributed by atoms with Gasteiger partial charge in [-0.1, -0.05) is 32.4 Å². The van der Waals surface area contributed by atoms with Crippen LogP contribution in [0, 0.1) is 5.41 Å². The molecule has 0 aromatic carbocycles. The minimum Gasteiger partial charge on any atom is -0.478 e. The number of rotatable bonds is 2. The van der Waals surface area contributed by atoms with E-state index in [-0.39, 0.29) is 16.9 Å². The van der Waals surface area contributed by atoms with Crippen molar-refractivity contribution in [3.63, 3.8) is 0 Å². The lowest BCUT2D eigenvalue weighted by molar-refractivity contribution is -0.133. The second-order valence-corrected chi connectivity index (χ2v) is 6.04. The Morgan fingerprint density at radius 2 is 1.79 bits per heavy atom. The van der Waals surface area contributed by atoms with Crippen molar-refractivity contribution in [1.29, 1.82) is 0 Å². The summed E-state index contributed by atoms with van der Waals surface area (Å²) in [4.78, 5) is 24.8. The molecular formula is C15H23NO3. The van der Waals surface area contributed by atoms with Gasteiger partial charge in [-0.25, -0.2) is 4.79 Å². The van der Waals surface area contributed by atoms with Crippen LogP contribution in [0.5, 0.6) is 0 Å². The van der Waals surface area contributed by atoms with E-state index in [0.29, 0.717) is 18.7 Å². The van der Waals surface area contributed by atoms with Crippen molar-refractivity contribution in [2.24, 2.45) is 5.41 Å². The van der Waals surface area contributed by atoms with Crippen molar-refractivity contribution in [1.82, 2.24) is 4.90 Å². The quantitative estimate of drug-likeness (QED) is 0.617. The summed E-state index contributed by atoms with van der Waals surface area (Å²) in [5.74, 6) is -1.21. The predicted octanol–water partition coefficient (Wildman–Crippen LogP) is 2.61. The smallest absolute Gasteiger partial charge is 0.331 e. The summed E-state index contributed by atoms with van der Waals surface area (Å²) in [6, 6.07) is 0. The fourth-order valence-electron chi connectivity index (χ4n) is 2.09. The topological polar surface area (TPSA) is 57.6 Å². The molecule has 19 heavy (non-hydrogen) atoms. The number of carbonyl (C=O) groups is 2. The van der Waals surface area contributed by atoms with Crippen molar-refractivity contribution in [2.45, 2.75) is 41.0 Å². The average Bonchev–Trinajstić information content (AvgIpc) is 2.35. The van der Waals surface area contributed by atoms with Crippen LogP contribution in [0.3, 0.4) is 0 Å². The van der Waals surface area contributed by atoms with Gasteiger partial charge in [0.1, 0.15) is 0 Å². The summed E-state index contributed by atoms with van der Waals surface area (Å²) in [7, 11) is 0. The summed E-state index contributed by atoms with van der Waals surface area (Å²) < 4.78 is 0. The molecule has 1 N–H and O–H groups in total. The molecule has 0 unspecified atom stereocenters.